The van der Waals surface area contributed by atoms with E-state index in [4.69, 9.17) is 33.2 Å². The van der Waals surface area contributed by atoms with Crippen molar-refractivity contribution < 1.29 is 62.2 Å². The van der Waals surface area contributed by atoms with Crippen LogP contribution in [0.4, 0.5) is 0 Å². The van der Waals surface area contributed by atoms with E-state index in [1.54, 1.807) is 13.0 Å². The van der Waals surface area contributed by atoms with Crippen molar-refractivity contribution in [3.05, 3.63) is 36.6 Å². The highest BCUT2D eigenvalue weighted by molar-refractivity contribution is 5.87. The van der Waals surface area contributed by atoms with Gasteiger partial charge in [0.2, 0.25) is 5.60 Å². The standard InChI is InChI=1S/C38H50O13/c1-17-16-37(44)25-14-15-34(8)24-13-12-18(2)46-19(3)26(24)27(47-20(4)39)28(48-21(5)40)29(34)35(25,9)31(49-22(6)41)32(50-23(7)42)36(37,10)38(30(17)51-38)33(43)45-11/h12-13,19,24-32,44H,1-2,14-16H2,3-11H3/t19-,24-,25-,26?,27-,28-,29+,30-,31-,32+,34+,35+,36-,37-,38+/m1/s1. The Morgan fingerprint density at radius 2 is 1.45 bits per heavy atom. The maximum Gasteiger partial charge on any atom is 0.342 e. The van der Waals surface area contributed by atoms with E-state index in [-0.39, 0.29) is 12.3 Å². The molecule has 13 heteroatoms. The number of allylic oxidation sites excluding steroid dienone is 2. The highest BCUT2D eigenvalue weighted by Gasteiger charge is 2.90. The van der Waals surface area contributed by atoms with Gasteiger partial charge in [0, 0.05) is 51.4 Å². The summed E-state index contributed by atoms with van der Waals surface area (Å²) in [4.78, 5) is 66.1. The van der Waals surface area contributed by atoms with Crippen LogP contribution in [0.15, 0.2) is 36.6 Å². The average molecular weight is 715 g/mol. The number of ether oxygens (including phenoxy) is 7. The Labute approximate surface area is 298 Å². The summed E-state index contributed by atoms with van der Waals surface area (Å²) in [5.74, 6) is -5.58. The van der Waals surface area contributed by atoms with Crippen molar-refractivity contribution in [3.8, 4) is 0 Å². The van der Waals surface area contributed by atoms with Crippen LogP contribution < -0.4 is 0 Å². The molecule has 15 atom stereocenters. The van der Waals surface area contributed by atoms with E-state index in [9.17, 15) is 29.1 Å². The normalized spacial score (nSPS) is 47.6. The van der Waals surface area contributed by atoms with Gasteiger partial charge in [-0.3, -0.25) is 19.2 Å². The molecule has 0 aromatic carbocycles. The van der Waals surface area contributed by atoms with Crippen molar-refractivity contribution in [2.75, 3.05) is 7.11 Å². The van der Waals surface area contributed by atoms with Crippen LogP contribution in [0.25, 0.3) is 0 Å². The fourth-order valence-corrected chi connectivity index (χ4v) is 12.0. The van der Waals surface area contributed by atoms with Gasteiger partial charge in [0.15, 0.2) is 6.10 Å². The van der Waals surface area contributed by atoms with Crippen LogP contribution in [-0.2, 0) is 57.1 Å². The quantitative estimate of drug-likeness (QED) is 0.190. The third-order valence-electron chi connectivity index (χ3n) is 13.5. The number of esters is 5. The molecule has 6 rings (SSSR count). The van der Waals surface area contributed by atoms with E-state index in [1.165, 1.54) is 34.8 Å². The molecule has 13 nitrogen and oxygen atoms in total. The number of fused-ring (bicyclic) bond motifs is 9. The molecule has 0 aromatic heterocycles. The molecule has 0 spiro atoms. The molecule has 6 aliphatic rings. The summed E-state index contributed by atoms with van der Waals surface area (Å²) < 4.78 is 42.4. The van der Waals surface area contributed by atoms with Crippen LogP contribution in [0, 0.1) is 39.9 Å². The molecular weight excluding hydrogens is 664 g/mol. The molecule has 4 saturated carbocycles. The van der Waals surface area contributed by atoms with Crippen LogP contribution in [0.3, 0.4) is 0 Å². The third kappa shape index (κ3) is 4.82. The molecule has 1 N–H and O–H groups in total. The summed E-state index contributed by atoms with van der Waals surface area (Å²) in [5.41, 5.74) is -7.14. The number of hydrogen-bond donors (Lipinski definition) is 1. The molecule has 51 heavy (non-hydrogen) atoms. The maximum absolute atomic E-state index is 13.8. The zero-order valence-electron chi connectivity index (χ0n) is 30.8. The van der Waals surface area contributed by atoms with Crippen LogP contribution in [-0.4, -0.2) is 89.9 Å². The molecule has 0 bridgehead atoms. The van der Waals surface area contributed by atoms with Gasteiger partial charge >= 0.3 is 29.8 Å². The lowest BCUT2D eigenvalue weighted by Gasteiger charge is -2.73. The SMILES string of the molecule is C=C1C=C[C@@H]2C([C@@H](OC(C)=O)[C@@H](OC(C)=O)[C@H]3[C@@]2(C)CC[C@@H]2[C@]3(C)[C@H](OC(C)=O)[C@H](OC(C)=O)[C@]3(C)[C@@]2(O)CC(=C)[C@H]2O[C@]23C(=O)OC)[C@@H](C)O1. The maximum atomic E-state index is 13.8. The van der Waals surface area contributed by atoms with Gasteiger partial charge in [0.05, 0.1) is 18.1 Å². The number of carbonyl (C=O) groups is 5. The first-order valence-corrected chi connectivity index (χ1v) is 17.6. The van der Waals surface area contributed by atoms with Crippen LogP contribution in [0.5, 0.6) is 0 Å². The molecule has 5 fully saturated rings. The zero-order valence-corrected chi connectivity index (χ0v) is 30.8. The van der Waals surface area contributed by atoms with E-state index in [1.807, 2.05) is 19.9 Å². The number of aliphatic hydroxyl groups is 1. The largest absolute Gasteiger partial charge is 0.491 e. The lowest BCUT2D eigenvalue weighted by molar-refractivity contribution is -0.348. The van der Waals surface area contributed by atoms with Gasteiger partial charge in [-0.15, -0.1) is 0 Å². The van der Waals surface area contributed by atoms with Gasteiger partial charge in [-0.05, 0) is 55.6 Å². The zero-order chi connectivity index (χ0) is 37.8. The van der Waals surface area contributed by atoms with Gasteiger partial charge in [-0.2, -0.15) is 0 Å². The van der Waals surface area contributed by atoms with Crippen molar-refractivity contribution >= 4 is 29.8 Å². The number of hydrogen-bond acceptors (Lipinski definition) is 13. The molecule has 2 aliphatic heterocycles. The number of carbonyl (C=O) groups excluding carboxylic acids is 5. The summed E-state index contributed by atoms with van der Waals surface area (Å²) in [6.45, 7) is 20.6. The van der Waals surface area contributed by atoms with Crippen LogP contribution in [0.2, 0.25) is 0 Å². The molecule has 0 aromatic rings. The molecule has 4 aliphatic carbocycles. The Morgan fingerprint density at radius 3 is 2.02 bits per heavy atom. The summed E-state index contributed by atoms with van der Waals surface area (Å²) in [6, 6.07) is 0. The molecule has 0 amide bonds. The fraction of sp³-hybridized carbons (Fsp3) is 0.711. The van der Waals surface area contributed by atoms with Crippen molar-refractivity contribution in [2.24, 2.45) is 39.9 Å². The topological polar surface area (TPSA) is 173 Å². The lowest BCUT2D eigenvalue weighted by Crippen LogP contribution is -2.83. The van der Waals surface area contributed by atoms with E-state index in [0.717, 1.165) is 0 Å². The Balaban J connectivity index is 1.68. The van der Waals surface area contributed by atoms with Crippen molar-refractivity contribution in [2.45, 2.75) is 122 Å². The molecule has 1 saturated heterocycles. The van der Waals surface area contributed by atoms with Crippen molar-refractivity contribution in [1.29, 1.82) is 0 Å². The Hall–Kier alpha value is -3.71. The molecule has 2 heterocycles. The second-order valence-corrected chi connectivity index (χ2v) is 16.1. The molecular formula is C38H50O13. The van der Waals surface area contributed by atoms with Crippen LogP contribution >= 0.6 is 0 Å². The lowest BCUT2D eigenvalue weighted by atomic mass is 9.32. The number of rotatable bonds is 5. The first kappa shape index (κ1) is 37.1. The van der Waals surface area contributed by atoms with E-state index in [2.05, 4.69) is 20.1 Å². The molecule has 1 unspecified atom stereocenters. The van der Waals surface area contributed by atoms with Crippen molar-refractivity contribution in [1.82, 2.24) is 0 Å². The summed E-state index contributed by atoms with van der Waals surface area (Å²) >= 11 is 0. The third-order valence-corrected chi connectivity index (χ3v) is 13.5. The van der Waals surface area contributed by atoms with E-state index in [0.29, 0.717) is 24.2 Å². The summed E-state index contributed by atoms with van der Waals surface area (Å²) in [7, 11) is 1.20. The predicted octanol–water partition coefficient (Wildman–Crippen LogP) is 3.51. The van der Waals surface area contributed by atoms with Gasteiger partial charge < -0.3 is 38.3 Å². The fourth-order valence-electron chi connectivity index (χ4n) is 12.0. The summed E-state index contributed by atoms with van der Waals surface area (Å²) in [6.07, 6.45) is -1.87. The van der Waals surface area contributed by atoms with Gasteiger partial charge in [0.1, 0.15) is 36.3 Å². The second-order valence-electron chi connectivity index (χ2n) is 16.1. The first-order valence-electron chi connectivity index (χ1n) is 17.6. The number of epoxide rings is 1. The Morgan fingerprint density at radius 1 is 0.882 bits per heavy atom. The minimum Gasteiger partial charge on any atom is -0.491 e. The second kappa shape index (κ2) is 11.9. The smallest absolute Gasteiger partial charge is 0.342 e. The monoisotopic (exact) mass is 714 g/mol. The van der Waals surface area contributed by atoms with Gasteiger partial charge in [-0.1, -0.05) is 33.1 Å². The predicted molar refractivity (Wildman–Crippen MR) is 177 cm³/mol. The van der Waals surface area contributed by atoms with Crippen LogP contribution in [0.1, 0.15) is 74.7 Å². The van der Waals surface area contributed by atoms with Gasteiger partial charge in [0.25, 0.3) is 0 Å². The highest BCUT2D eigenvalue weighted by atomic mass is 16.7. The Bertz CT molecular complexity index is 1620. The van der Waals surface area contributed by atoms with E-state index >= 15 is 0 Å². The average Bonchev–Trinajstić information content (AvgIpc) is 3.80. The molecule has 280 valence electrons. The minimum atomic E-state index is -1.88. The highest BCUT2D eigenvalue weighted by Crippen LogP contribution is 2.78. The minimum absolute atomic E-state index is 0.0383. The Kier molecular flexibility index (Phi) is 8.65. The summed E-state index contributed by atoms with van der Waals surface area (Å²) in [5, 5.41) is 13.5. The van der Waals surface area contributed by atoms with Gasteiger partial charge in [-0.25, -0.2) is 4.79 Å². The first-order chi connectivity index (χ1) is 23.7. The number of methoxy groups -OCH3 is 1. The molecule has 0 radical (unpaired) electrons. The van der Waals surface area contributed by atoms with E-state index < -0.39 is 112 Å². The van der Waals surface area contributed by atoms with Crippen molar-refractivity contribution in [3.63, 3.8) is 0 Å².